The molecule has 8 heteroatoms. The Morgan fingerprint density at radius 2 is 1.73 bits per heavy atom. The predicted molar refractivity (Wildman–Crippen MR) is 73.2 cm³/mol. The van der Waals surface area contributed by atoms with Crippen LogP contribution in [0.15, 0.2) is 18.2 Å². The maximum Gasteiger partial charge on any atom is 0.186 e. The topological polar surface area (TPSA) is 140 Å². The van der Waals surface area contributed by atoms with Crippen LogP contribution in [0.4, 0.5) is 0 Å². The average molecular weight is 316 g/mol. The van der Waals surface area contributed by atoms with E-state index in [4.69, 9.17) is 14.6 Å². The van der Waals surface area contributed by atoms with Crippen molar-refractivity contribution in [3.63, 3.8) is 0 Å². The van der Waals surface area contributed by atoms with Gasteiger partial charge in [0.15, 0.2) is 17.8 Å². The molecule has 1 heterocycles. The summed E-state index contributed by atoms with van der Waals surface area (Å²) in [4.78, 5) is 0. The van der Waals surface area contributed by atoms with Gasteiger partial charge in [-0.1, -0.05) is 6.07 Å². The number of benzene rings is 1. The molecule has 0 spiro atoms. The fourth-order valence-corrected chi connectivity index (χ4v) is 2.22. The lowest BCUT2D eigenvalue weighted by Gasteiger charge is -2.39. The monoisotopic (exact) mass is 316 g/mol. The minimum Gasteiger partial charge on any atom is -0.504 e. The molecule has 0 radical (unpaired) electrons. The van der Waals surface area contributed by atoms with Gasteiger partial charge in [-0.15, -0.1) is 0 Å². The second-order valence-electron chi connectivity index (χ2n) is 5.14. The third-order valence-electron chi connectivity index (χ3n) is 3.56. The minimum atomic E-state index is -1.48. The van der Waals surface area contributed by atoms with E-state index in [1.807, 2.05) is 0 Å². The molecule has 0 bridgehead atoms. The summed E-state index contributed by atoms with van der Waals surface area (Å²) in [7, 11) is 0. The Kier molecular flexibility index (Phi) is 5.57. The van der Waals surface area contributed by atoms with E-state index in [9.17, 15) is 25.5 Å². The molecule has 22 heavy (non-hydrogen) atoms. The third-order valence-corrected chi connectivity index (χ3v) is 3.56. The Balaban J connectivity index is 1.88. The zero-order chi connectivity index (χ0) is 16.3. The highest BCUT2D eigenvalue weighted by Gasteiger charge is 2.43. The van der Waals surface area contributed by atoms with Crippen molar-refractivity contribution in [2.45, 2.75) is 37.1 Å². The Morgan fingerprint density at radius 3 is 2.36 bits per heavy atom. The van der Waals surface area contributed by atoms with Gasteiger partial charge in [-0.3, -0.25) is 0 Å². The van der Waals surface area contributed by atoms with Crippen LogP contribution < -0.4 is 0 Å². The van der Waals surface area contributed by atoms with E-state index in [0.29, 0.717) is 12.0 Å². The summed E-state index contributed by atoms with van der Waals surface area (Å²) in [6.45, 7) is -0.413. The fraction of sp³-hybridized carbons (Fsp3) is 0.571. The van der Waals surface area contributed by atoms with Crippen molar-refractivity contribution in [3.8, 4) is 11.5 Å². The maximum absolute atomic E-state index is 9.78. The third kappa shape index (κ3) is 3.67. The van der Waals surface area contributed by atoms with Crippen molar-refractivity contribution in [1.29, 1.82) is 0 Å². The van der Waals surface area contributed by atoms with Crippen LogP contribution in [0.1, 0.15) is 5.56 Å². The van der Waals surface area contributed by atoms with Gasteiger partial charge in [0, 0.05) is 0 Å². The number of aliphatic hydroxyl groups excluding tert-OH is 4. The summed E-state index contributed by atoms with van der Waals surface area (Å²) in [5.41, 5.74) is 0.694. The lowest BCUT2D eigenvalue weighted by Crippen LogP contribution is -2.59. The largest absolute Gasteiger partial charge is 0.504 e. The van der Waals surface area contributed by atoms with Crippen LogP contribution in [0.2, 0.25) is 0 Å². The number of aromatic hydroxyl groups is 2. The normalized spacial score (nSPS) is 32.1. The molecular weight excluding hydrogens is 296 g/mol. The van der Waals surface area contributed by atoms with Crippen LogP contribution in [0, 0.1) is 0 Å². The first kappa shape index (κ1) is 16.9. The first-order valence-corrected chi connectivity index (χ1v) is 6.87. The molecule has 1 fully saturated rings. The first-order valence-electron chi connectivity index (χ1n) is 6.87. The molecule has 2 rings (SSSR count). The van der Waals surface area contributed by atoms with Crippen LogP contribution in [0.25, 0.3) is 0 Å². The van der Waals surface area contributed by atoms with Gasteiger partial charge >= 0.3 is 0 Å². The number of hydrogen-bond acceptors (Lipinski definition) is 8. The van der Waals surface area contributed by atoms with E-state index in [1.54, 1.807) is 6.07 Å². The Bertz CT molecular complexity index is 492. The smallest absolute Gasteiger partial charge is 0.186 e. The van der Waals surface area contributed by atoms with Gasteiger partial charge in [-0.2, -0.15) is 0 Å². The van der Waals surface area contributed by atoms with Crippen molar-refractivity contribution < 1.29 is 40.1 Å². The van der Waals surface area contributed by atoms with E-state index < -0.39 is 37.3 Å². The van der Waals surface area contributed by atoms with Crippen molar-refractivity contribution in [1.82, 2.24) is 0 Å². The molecule has 1 aromatic rings. The molecule has 0 saturated carbocycles. The van der Waals surface area contributed by atoms with Gasteiger partial charge in [-0.25, -0.2) is 0 Å². The quantitative estimate of drug-likeness (QED) is 0.359. The molecule has 6 N–H and O–H groups in total. The van der Waals surface area contributed by atoms with Gasteiger partial charge in [0.25, 0.3) is 0 Å². The zero-order valence-corrected chi connectivity index (χ0v) is 11.7. The number of rotatable bonds is 5. The Morgan fingerprint density at radius 1 is 1.00 bits per heavy atom. The standard InChI is InChI=1S/C14H20O8/c15-6-10-11(18)12(19)13(20)14(22-10)21-4-3-7-1-2-8(16)9(17)5-7/h1-2,5,10-20H,3-4,6H2/t10-,11-,12+,13-,14?/m1/s1. The molecule has 1 aromatic carbocycles. The van der Waals surface area contributed by atoms with Gasteiger partial charge < -0.3 is 40.1 Å². The van der Waals surface area contributed by atoms with Gasteiger partial charge in [0.05, 0.1) is 13.2 Å². The predicted octanol–water partition coefficient (Wildman–Crippen LogP) is -1.54. The summed E-state index contributed by atoms with van der Waals surface area (Å²) in [6, 6.07) is 4.33. The molecule has 8 nitrogen and oxygen atoms in total. The van der Waals surface area contributed by atoms with Gasteiger partial charge in [-0.05, 0) is 24.1 Å². The highest BCUT2D eigenvalue weighted by molar-refractivity contribution is 5.40. The molecule has 1 unspecified atom stereocenters. The SMILES string of the molecule is OC[C@H]1OC(OCCc2ccc(O)c(O)c2)[C@H](O)[C@@H](O)[C@@H]1O. The summed E-state index contributed by atoms with van der Waals surface area (Å²) in [6.07, 6.45) is -6.17. The Hall–Kier alpha value is -1.42. The van der Waals surface area contributed by atoms with Gasteiger partial charge in [0.2, 0.25) is 0 Å². The molecule has 0 aromatic heterocycles. The molecule has 1 aliphatic rings. The van der Waals surface area contributed by atoms with Crippen LogP contribution in [0.5, 0.6) is 11.5 Å². The molecule has 124 valence electrons. The number of aliphatic hydroxyl groups is 4. The lowest BCUT2D eigenvalue weighted by molar-refractivity contribution is -0.300. The van der Waals surface area contributed by atoms with Crippen LogP contribution in [-0.4, -0.2) is 74.6 Å². The van der Waals surface area contributed by atoms with Crippen molar-refractivity contribution >= 4 is 0 Å². The average Bonchev–Trinajstić information content (AvgIpc) is 2.51. The fourth-order valence-electron chi connectivity index (χ4n) is 2.22. The Labute approximate surface area is 126 Å². The zero-order valence-electron chi connectivity index (χ0n) is 11.7. The molecule has 0 aliphatic carbocycles. The second-order valence-corrected chi connectivity index (χ2v) is 5.14. The molecule has 0 amide bonds. The van der Waals surface area contributed by atoms with Crippen LogP contribution in [0.3, 0.4) is 0 Å². The highest BCUT2D eigenvalue weighted by atomic mass is 16.7. The second kappa shape index (κ2) is 7.23. The summed E-state index contributed by atoms with van der Waals surface area (Å²) >= 11 is 0. The number of phenols is 2. The van der Waals surface area contributed by atoms with E-state index >= 15 is 0 Å². The minimum absolute atomic E-state index is 0.104. The van der Waals surface area contributed by atoms with Crippen LogP contribution >= 0.6 is 0 Å². The lowest BCUT2D eigenvalue weighted by atomic mass is 9.99. The van der Waals surface area contributed by atoms with E-state index in [2.05, 4.69) is 0 Å². The van der Waals surface area contributed by atoms with E-state index in [1.165, 1.54) is 12.1 Å². The molecule has 1 saturated heterocycles. The first-order chi connectivity index (χ1) is 10.4. The van der Waals surface area contributed by atoms with E-state index in [-0.39, 0.29) is 18.1 Å². The summed E-state index contributed by atoms with van der Waals surface area (Å²) in [5.74, 6) is -0.469. The number of ether oxygens (including phenoxy) is 2. The summed E-state index contributed by atoms with van der Waals surface area (Å²) < 4.78 is 10.5. The summed E-state index contributed by atoms with van der Waals surface area (Å²) in [5, 5.41) is 56.7. The van der Waals surface area contributed by atoms with Gasteiger partial charge in [0.1, 0.15) is 24.4 Å². The van der Waals surface area contributed by atoms with Crippen molar-refractivity contribution in [3.05, 3.63) is 23.8 Å². The number of hydrogen-bond donors (Lipinski definition) is 6. The van der Waals surface area contributed by atoms with Crippen molar-refractivity contribution in [2.24, 2.45) is 0 Å². The van der Waals surface area contributed by atoms with Crippen molar-refractivity contribution in [2.75, 3.05) is 13.2 Å². The number of phenolic OH excluding ortho intramolecular Hbond substituents is 2. The molecule has 1 aliphatic heterocycles. The van der Waals surface area contributed by atoms with E-state index in [0.717, 1.165) is 0 Å². The molecular formula is C14H20O8. The highest BCUT2D eigenvalue weighted by Crippen LogP contribution is 2.25. The maximum atomic E-state index is 9.78. The molecule has 5 atom stereocenters. The van der Waals surface area contributed by atoms with Crippen LogP contribution in [-0.2, 0) is 15.9 Å².